The van der Waals surface area contributed by atoms with Crippen LogP contribution in [0.4, 0.5) is 9.59 Å². The maximum absolute atomic E-state index is 12.7. The van der Waals surface area contributed by atoms with Gasteiger partial charge in [0.15, 0.2) is 0 Å². The molecule has 0 aliphatic carbocycles. The molecule has 0 saturated carbocycles. The summed E-state index contributed by atoms with van der Waals surface area (Å²) in [5.41, 5.74) is 2.31. The number of carbonyl (C=O) groups excluding carboxylic acids is 2. The van der Waals surface area contributed by atoms with Gasteiger partial charge in [0, 0.05) is 25.2 Å². The van der Waals surface area contributed by atoms with Gasteiger partial charge >= 0.3 is 12.2 Å². The number of nitrogens with zero attached hydrogens (tertiary/aromatic N) is 3. The largest absolute Gasteiger partial charge is 0.447 e. The molecule has 1 saturated heterocycles. The van der Waals surface area contributed by atoms with Gasteiger partial charge in [0.25, 0.3) is 0 Å². The molecule has 3 rings (SSSR count). The van der Waals surface area contributed by atoms with Gasteiger partial charge < -0.3 is 19.3 Å². The second-order valence-corrected chi connectivity index (χ2v) is 8.54. The molecule has 1 aliphatic rings. The Morgan fingerprint density at radius 1 is 1.32 bits per heavy atom. The summed E-state index contributed by atoms with van der Waals surface area (Å²) in [6.45, 7) is 6.76. The van der Waals surface area contributed by atoms with Gasteiger partial charge in [-0.2, -0.15) is 0 Å². The van der Waals surface area contributed by atoms with E-state index in [0.717, 1.165) is 35.0 Å². The van der Waals surface area contributed by atoms with E-state index in [2.05, 4.69) is 11.0 Å². The number of aromatic nitrogens is 1. The van der Waals surface area contributed by atoms with E-state index in [0.29, 0.717) is 6.61 Å². The minimum absolute atomic E-state index is 0.122. The van der Waals surface area contributed by atoms with Crippen LogP contribution in [0, 0.1) is 0 Å². The summed E-state index contributed by atoms with van der Waals surface area (Å²) in [5.74, 6) is 0. The monoisotopic (exact) mass is 387 g/mol. The number of fused-ring (bicyclic) bond motifs is 1. The molecule has 0 spiro atoms. The van der Waals surface area contributed by atoms with Gasteiger partial charge in [0.1, 0.15) is 12.2 Å². The van der Waals surface area contributed by atoms with Gasteiger partial charge in [0.2, 0.25) is 0 Å². The van der Waals surface area contributed by atoms with Crippen LogP contribution in [0.15, 0.2) is 24.4 Å². The minimum Gasteiger partial charge on any atom is -0.447 e. The molecule has 1 aromatic carbocycles. The van der Waals surface area contributed by atoms with Crippen molar-refractivity contribution in [2.24, 2.45) is 0 Å². The van der Waals surface area contributed by atoms with Crippen LogP contribution in [0.2, 0.25) is 0 Å². The lowest BCUT2D eigenvalue weighted by Crippen LogP contribution is -2.26. The fraction of sp³-hybridized carbons (Fsp3) is 0.524. The van der Waals surface area contributed by atoms with E-state index in [1.165, 1.54) is 0 Å². The van der Waals surface area contributed by atoms with E-state index in [-0.39, 0.29) is 12.1 Å². The maximum atomic E-state index is 12.7. The third kappa shape index (κ3) is 4.14. The summed E-state index contributed by atoms with van der Waals surface area (Å²) < 4.78 is 12.3. The fourth-order valence-electron chi connectivity index (χ4n) is 3.34. The molecule has 28 heavy (non-hydrogen) atoms. The van der Waals surface area contributed by atoms with Crippen molar-refractivity contribution >= 4 is 23.1 Å². The molecule has 152 valence electrons. The molecule has 1 amide bonds. The number of ether oxygens (including phenoxy) is 2. The van der Waals surface area contributed by atoms with Crippen LogP contribution in [-0.4, -0.2) is 66.4 Å². The number of cyclic esters (lactones) is 1. The summed E-state index contributed by atoms with van der Waals surface area (Å²) in [5, 5.41) is 0.998. The molecule has 0 N–H and O–H groups in total. The Bertz CT molecular complexity index is 895. The highest BCUT2D eigenvalue weighted by molar-refractivity contribution is 5.92. The van der Waals surface area contributed by atoms with Crippen molar-refractivity contribution in [3.63, 3.8) is 0 Å². The Hall–Kier alpha value is -2.54. The van der Waals surface area contributed by atoms with Gasteiger partial charge in [-0.25, -0.2) is 9.59 Å². The van der Waals surface area contributed by atoms with Crippen LogP contribution in [0.25, 0.3) is 10.9 Å². The van der Waals surface area contributed by atoms with E-state index in [1.807, 2.05) is 53.2 Å². The highest BCUT2D eigenvalue weighted by Gasteiger charge is 2.31. The molecule has 1 aromatic heterocycles. The van der Waals surface area contributed by atoms with Crippen molar-refractivity contribution in [3.05, 3.63) is 35.5 Å². The molecule has 2 heterocycles. The van der Waals surface area contributed by atoms with Gasteiger partial charge in [-0.3, -0.25) is 4.57 Å². The number of carbonyl (C=O) groups is 2. The van der Waals surface area contributed by atoms with Gasteiger partial charge in [0.05, 0.1) is 11.6 Å². The predicted molar refractivity (Wildman–Crippen MR) is 108 cm³/mol. The lowest BCUT2D eigenvalue weighted by atomic mass is 10.0. The molecule has 1 atom stereocenters. The first-order chi connectivity index (χ1) is 13.1. The summed E-state index contributed by atoms with van der Waals surface area (Å²) in [4.78, 5) is 28.2. The number of amides is 1. The molecule has 1 unspecified atom stereocenters. The molecule has 0 bridgehead atoms. The molecule has 7 nitrogen and oxygen atoms in total. The Labute approximate surface area is 165 Å². The molecule has 2 aromatic rings. The zero-order valence-electron chi connectivity index (χ0n) is 17.5. The van der Waals surface area contributed by atoms with E-state index in [1.54, 1.807) is 16.5 Å². The first kappa shape index (κ1) is 20.2. The zero-order chi connectivity index (χ0) is 20.6. The Balaban J connectivity index is 2.03. The topological polar surface area (TPSA) is 64.0 Å². The Morgan fingerprint density at radius 2 is 2.04 bits per heavy atom. The molecule has 1 fully saturated rings. The SMILES string of the molecule is CN(C)CCc1cn(C(=O)OC(C)(C)C)c2ccc(C3COC(=O)N3C)cc12. The number of benzene rings is 1. The van der Waals surface area contributed by atoms with Gasteiger partial charge in [-0.15, -0.1) is 0 Å². The lowest BCUT2D eigenvalue weighted by Gasteiger charge is -2.20. The average Bonchev–Trinajstić information content (AvgIpc) is 3.12. The summed E-state index contributed by atoms with van der Waals surface area (Å²) in [6.07, 6.45) is 1.96. The van der Waals surface area contributed by atoms with Gasteiger partial charge in [-0.05, 0) is 64.5 Å². The second kappa shape index (κ2) is 7.47. The number of hydrogen-bond donors (Lipinski definition) is 0. The highest BCUT2D eigenvalue weighted by atomic mass is 16.6. The molecular formula is C21H29N3O4. The number of rotatable bonds is 4. The van der Waals surface area contributed by atoms with Crippen molar-refractivity contribution < 1.29 is 19.1 Å². The second-order valence-electron chi connectivity index (χ2n) is 8.54. The Kier molecular flexibility index (Phi) is 5.39. The first-order valence-electron chi connectivity index (χ1n) is 9.48. The smallest absolute Gasteiger partial charge is 0.419 e. The van der Waals surface area contributed by atoms with E-state index < -0.39 is 11.7 Å². The quantitative estimate of drug-likeness (QED) is 0.801. The van der Waals surface area contributed by atoms with Crippen LogP contribution in [0.5, 0.6) is 0 Å². The molecular weight excluding hydrogens is 358 g/mol. The molecule has 0 radical (unpaired) electrons. The summed E-state index contributed by atoms with van der Waals surface area (Å²) in [7, 11) is 5.78. The van der Waals surface area contributed by atoms with Crippen LogP contribution in [-0.2, 0) is 15.9 Å². The molecule has 7 heteroatoms. The normalized spacial score (nSPS) is 17.5. The van der Waals surface area contributed by atoms with E-state index >= 15 is 0 Å². The number of hydrogen-bond acceptors (Lipinski definition) is 5. The average molecular weight is 387 g/mol. The minimum atomic E-state index is -0.568. The van der Waals surface area contributed by atoms with Crippen molar-refractivity contribution in [2.75, 3.05) is 34.3 Å². The maximum Gasteiger partial charge on any atom is 0.419 e. The third-order valence-corrected chi connectivity index (χ3v) is 4.83. The standard InChI is InChI=1S/C21H29N3O4/c1-21(2,3)28-20(26)24-12-15(9-10-22(4)5)16-11-14(7-8-17(16)24)18-13-27-19(25)23(18)6/h7-8,11-12,18H,9-10,13H2,1-6H3. The van der Waals surface area contributed by atoms with Crippen molar-refractivity contribution in [1.82, 2.24) is 14.4 Å². The summed E-state index contributed by atoms with van der Waals surface area (Å²) in [6, 6.07) is 5.81. The zero-order valence-corrected chi connectivity index (χ0v) is 17.5. The lowest BCUT2D eigenvalue weighted by molar-refractivity contribution is 0.0544. The van der Waals surface area contributed by atoms with E-state index in [9.17, 15) is 9.59 Å². The van der Waals surface area contributed by atoms with Crippen LogP contribution >= 0.6 is 0 Å². The van der Waals surface area contributed by atoms with Crippen molar-refractivity contribution in [1.29, 1.82) is 0 Å². The van der Waals surface area contributed by atoms with Crippen LogP contribution < -0.4 is 0 Å². The molecule has 1 aliphatic heterocycles. The Morgan fingerprint density at radius 3 is 2.61 bits per heavy atom. The van der Waals surface area contributed by atoms with Crippen molar-refractivity contribution in [3.8, 4) is 0 Å². The first-order valence-corrected chi connectivity index (χ1v) is 9.48. The fourth-order valence-corrected chi connectivity index (χ4v) is 3.34. The van der Waals surface area contributed by atoms with Crippen LogP contribution in [0.3, 0.4) is 0 Å². The number of likely N-dealkylation sites (N-methyl/N-ethyl adjacent to an activating group) is 2. The van der Waals surface area contributed by atoms with Crippen molar-refractivity contribution in [2.45, 2.75) is 38.8 Å². The van der Waals surface area contributed by atoms with Crippen LogP contribution in [0.1, 0.15) is 37.9 Å². The predicted octanol–water partition coefficient (Wildman–Crippen LogP) is 3.65. The third-order valence-electron chi connectivity index (χ3n) is 4.83. The highest BCUT2D eigenvalue weighted by Crippen LogP contribution is 2.31. The summed E-state index contributed by atoms with van der Waals surface area (Å²) >= 11 is 0. The van der Waals surface area contributed by atoms with E-state index in [4.69, 9.17) is 9.47 Å². The van der Waals surface area contributed by atoms with Gasteiger partial charge in [-0.1, -0.05) is 6.07 Å².